The van der Waals surface area contributed by atoms with Gasteiger partial charge in [0.05, 0.1) is 24.5 Å². The smallest absolute Gasteiger partial charge is 0.244 e. The predicted molar refractivity (Wildman–Crippen MR) is 143 cm³/mol. The highest BCUT2D eigenvalue weighted by Crippen LogP contribution is 2.61. The van der Waals surface area contributed by atoms with Crippen molar-refractivity contribution in [3.63, 3.8) is 0 Å². The minimum absolute atomic E-state index is 0.0715. The Morgan fingerprint density at radius 2 is 2.08 bits per heavy atom. The van der Waals surface area contributed by atoms with E-state index in [1.807, 2.05) is 44.3 Å². The zero-order chi connectivity index (χ0) is 26.1. The number of hydrogen-bond acceptors (Lipinski definition) is 4. The molecule has 2 aliphatic rings. The minimum Gasteiger partial charge on any atom is -0.393 e. The van der Waals surface area contributed by atoms with Gasteiger partial charge < -0.3 is 10.4 Å². The van der Waals surface area contributed by atoms with Gasteiger partial charge in [0.15, 0.2) is 0 Å². The van der Waals surface area contributed by atoms with Crippen LogP contribution in [0.15, 0.2) is 54.3 Å². The van der Waals surface area contributed by atoms with Crippen molar-refractivity contribution in [1.29, 1.82) is 0 Å². The maximum Gasteiger partial charge on any atom is 0.244 e. The molecule has 1 aromatic carbocycles. The average Bonchev–Trinajstić information content (AvgIpc) is 3.29. The van der Waals surface area contributed by atoms with Gasteiger partial charge in [-0.15, -0.1) is 5.10 Å². The molecule has 6 heteroatoms. The molecular weight excluding hydrogens is 448 g/mol. The molecule has 2 N–H and O–H groups in total. The fourth-order valence-electron chi connectivity index (χ4n) is 6.87. The Morgan fingerprint density at radius 1 is 1.31 bits per heavy atom. The van der Waals surface area contributed by atoms with Gasteiger partial charge in [-0.2, -0.15) is 0 Å². The number of aliphatic hydroxyl groups excluding tert-OH is 1. The maximum absolute atomic E-state index is 12.6. The van der Waals surface area contributed by atoms with Crippen LogP contribution >= 0.6 is 0 Å². The largest absolute Gasteiger partial charge is 0.393 e. The van der Waals surface area contributed by atoms with Crippen LogP contribution in [0.25, 0.3) is 5.69 Å². The van der Waals surface area contributed by atoms with Gasteiger partial charge in [-0.25, -0.2) is 4.68 Å². The number of aromatic nitrogens is 3. The molecule has 0 unspecified atom stereocenters. The Labute approximate surface area is 215 Å². The molecule has 2 fully saturated rings. The Hall–Kier alpha value is -2.73. The number of rotatable bonds is 7. The molecule has 2 saturated carbocycles. The second kappa shape index (κ2) is 10.3. The SMILES string of the molecule is C=C1CC[C@@H]2C(C)(C)[C@H](O)CC[C@@]2(C)[C@@H]1CC/C(C)=C/C(=O)NCc1cn(-c2cccc(C)c2)nn1. The van der Waals surface area contributed by atoms with Gasteiger partial charge in [-0.3, -0.25) is 4.79 Å². The first-order valence-corrected chi connectivity index (χ1v) is 13.3. The summed E-state index contributed by atoms with van der Waals surface area (Å²) in [6.07, 6.45) is 9.24. The van der Waals surface area contributed by atoms with E-state index in [0.717, 1.165) is 61.0 Å². The lowest BCUT2D eigenvalue weighted by atomic mass is 9.46. The van der Waals surface area contributed by atoms with Crippen LogP contribution in [-0.2, 0) is 11.3 Å². The molecule has 194 valence electrons. The van der Waals surface area contributed by atoms with Gasteiger partial charge in [0, 0.05) is 6.08 Å². The molecule has 1 heterocycles. The summed E-state index contributed by atoms with van der Waals surface area (Å²) in [5.74, 6) is 0.808. The van der Waals surface area contributed by atoms with Crippen LogP contribution in [0.4, 0.5) is 0 Å². The lowest BCUT2D eigenvalue weighted by Gasteiger charge is -2.59. The molecule has 1 amide bonds. The second-order valence-corrected chi connectivity index (χ2v) is 11.9. The third kappa shape index (κ3) is 5.34. The molecule has 4 atom stereocenters. The van der Waals surface area contributed by atoms with Gasteiger partial charge in [0.25, 0.3) is 0 Å². The van der Waals surface area contributed by atoms with Crippen LogP contribution in [0.1, 0.15) is 77.5 Å². The number of nitrogens with zero attached hydrogens (tertiary/aromatic N) is 3. The molecule has 36 heavy (non-hydrogen) atoms. The molecule has 0 aliphatic heterocycles. The summed E-state index contributed by atoms with van der Waals surface area (Å²) in [5, 5.41) is 22.0. The van der Waals surface area contributed by atoms with Gasteiger partial charge in [0.1, 0.15) is 5.69 Å². The Morgan fingerprint density at radius 3 is 2.83 bits per heavy atom. The second-order valence-electron chi connectivity index (χ2n) is 11.9. The first kappa shape index (κ1) is 26.3. The first-order valence-electron chi connectivity index (χ1n) is 13.3. The first-order chi connectivity index (χ1) is 17.0. The average molecular weight is 491 g/mol. The quantitative estimate of drug-likeness (QED) is 0.386. The van der Waals surface area contributed by atoms with Gasteiger partial charge in [-0.1, -0.05) is 55.8 Å². The summed E-state index contributed by atoms with van der Waals surface area (Å²) in [6.45, 7) is 15.8. The molecule has 6 nitrogen and oxygen atoms in total. The number of hydrogen-bond donors (Lipinski definition) is 2. The standard InChI is InChI=1S/C30H42N4O2/c1-20-8-7-9-24(16-20)34-19-23(32-33-34)18-31-28(36)17-21(2)10-12-25-22(3)11-13-26-29(4,5)27(35)14-15-30(25,26)6/h7-9,16-17,19,25-27,35H,3,10-15,18H2,1-2,4-6H3,(H,31,36)/b21-17+/t25-,26-,27-,30+/m1/s1. The third-order valence-electron chi connectivity index (χ3n) is 9.01. The monoisotopic (exact) mass is 490 g/mol. The number of benzene rings is 1. The number of amides is 1. The zero-order valence-corrected chi connectivity index (χ0v) is 22.6. The Kier molecular flexibility index (Phi) is 7.56. The highest BCUT2D eigenvalue weighted by molar-refractivity contribution is 5.88. The molecule has 0 saturated heterocycles. The Balaban J connectivity index is 1.33. The minimum atomic E-state index is -0.230. The van der Waals surface area contributed by atoms with Crippen LogP contribution < -0.4 is 5.32 Å². The summed E-state index contributed by atoms with van der Waals surface area (Å²) in [4.78, 5) is 12.6. The molecule has 2 aliphatic carbocycles. The van der Waals surface area contributed by atoms with Crippen molar-refractivity contribution in [1.82, 2.24) is 20.3 Å². The number of aryl methyl sites for hydroxylation is 1. The number of nitrogens with one attached hydrogen (secondary N) is 1. The van der Waals surface area contributed by atoms with Crippen LogP contribution in [0, 0.1) is 29.6 Å². The van der Waals surface area contributed by atoms with Gasteiger partial charge >= 0.3 is 0 Å². The van der Waals surface area contributed by atoms with Crippen LogP contribution in [0.3, 0.4) is 0 Å². The number of allylic oxidation sites excluding steroid dienone is 2. The van der Waals surface area contributed by atoms with E-state index in [2.05, 4.69) is 43.0 Å². The van der Waals surface area contributed by atoms with Crippen molar-refractivity contribution in [3.05, 3.63) is 65.5 Å². The van der Waals surface area contributed by atoms with E-state index in [-0.39, 0.29) is 22.8 Å². The normalized spacial score (nSPS) is 28.0. The molecular formula is C30H42N4O2. The lowest BCUT2D eigenvalue weighted by Crippen LogP contribution is -2.54. The zero-order valence-electron chi connectivity index (χ0n) is 22.6. The van der Waals surface area contributed by atoms with Crippen molar-refractivity contribution in [2.24, 2.45) is 22.7 Å². The van der Waals surface area contributed by atoms with Gasteiger partial charge in [0.2, 0.25) is 5.91 Å². The highest BCUT2D eigenvalue weighted by atomic mass is 16.3. The molecule has 4 rings (SSSR count). The molecule has 0 spiro atoms. The molecule has 0 radical (unpaired) electrons. The third-order valence-corrected chi connectivity index (χ3v) is 9.01. The van der Waals surface area contributed by atoms with Gasteiger partial charge in [-0.05, 0) is 92.7 Å². The summed E-state index contributed by atoms with van der Waals surface area (Å²) in [6, 6.07) is 8.06. The van der Waals surface area contributed by atoms with Crippen molar-refractivity contribution in [2.75, 3.05) is 0 Å². The Bertz CT molecular complexity index is 1150. The molecule has 0 bridgehead atoms. The predicted octanol–water partition coefficient (Wildman–Crippen LogP) is 5.69. The van der Waals surface area contributed by atoms with E-state index in [1.54, 1.807) is 10.8 Å². The topological polar surface area (TPSA) is 80.0 Å². The molecule has 2 aromatic rings. The van der Waals surface area contributed by atoms with E-state index >= 15 is 0 Å². The highest BCUT2D eigenvalue weighted by Gasteiger charge is 2.55. The summed E-state index contributed by atoms with van der Waals surface area (Å²) >= 11 is 0. The van der Waals surface area contributed by atoms with E-state index in [1.165, 1.54) is 5.57 Å². The number of carbonyl (C=O) groups is 1. The van der Waals surface area contributed by atoms with Crippen molar-refractivity contribution >= 4 is 5.91 Å². The number of aliphatic hydroxyl groups is 1. The fourth-order valence-corrected chi connectivity index (χ4v) is 6.87. The van der Waals surface area contributed by atoms with E-state index in [4.69, 9.17) is 0 Å². The summed E-state index contributed by atoms with van der Waals surface area (Å²) < 4.78 is 1.73. The fraction of sp³-hybridized carbons (Fsp3) is 0.567. The van der Waals surface area contributed by atoms with E-state index in [0.29, 0.717) is 18.4 Å². The maximum atomic E-state index is 12.6. The van der Waals surface area contributed by atoms with Crippen LogP contribution in [0.2, 0.25) is 0 Å². The van der Waals surface area contributed by atoms with Crippen molar-refractivity contribution < 1.29 is 9.90 Å². The van der Waals surface area contributed by atoms with Crippen LogP contribution in [0.5, 0.6) is 0 Å². The van der Waals surface area contributed by atoms with Crippen molar-refractivity contribution in [3.8, 4) is 5.69 Å². The summed E-state index contributed by atoms with van der Waals surface area (Å²) in [5.41, 5.74) is 5.33. The summed E-state index contributed by atoms with van der Waals surface area (Å²) in [7, 11) is 0. The van der Waals surface area contributed by atoms with Crippen LogP contribution in [-0.4, -0.2) is 32.1 Å². The van der Waals surface area contributed by atoms with E-state index in [9.17, 15) is 9.90 Å². The van der Waals surface area contributed by atoms with Crippen molar-refractivity contribution in [2.45, 2.75) is 85.8 Å². The number of fused-ring (bicyclic) bond motifs is 1. The lowest BCUT2D eigenvalue weighted by molar-refractivity contribution is -0.124. The van der Waals surface area contributed by atoms with E-state index < -0.39 is 0 Å². The number of carbonyl (C=O) groups excluding carboxylic acids is 1. The molecule has 1 aromatic heterocycles.